The van der Waals surface area contributed by atoms with Crippen LogP contribution in [0.4, 0.5) is 22.7 Å². The van der Waals surface area contributed by atoms with Crippen LogP contribution in [0, 0.1) is 13.8 Å². The molecule has 0 atom stereocenters. The number of ether oxygens (including phenoxy) is 4. The monoisotopic (exact) mass is 726 g/mol. The molecule has 0 unspecified atom stereocenters. The molecule has 10 heteroatoms. The van der Waals surface area contributed by atoms with E-state index in [2.05, 4.69) is 34.3 Å². The van der Waals surface area contributed by atoms with Gasteiger partial charge in [-0.15, -0.1) is 0 Å². The van der Waals surface area contributed by atoms with Crippen LogP contribution in [0.1, 0.15) is 84.2 Å². The molecule has 0 saturated heterocycles. The zero-order valence-electron chi connectivity index (χ0n) is 31.3. The maximum Gasteiger partial charge on any atom is 0.343 e. The van der Waals surface area contributed by atoms with Gasteiger partial charge in [-0.1, -0.05) is 39.5 Å². The molecule has 0 amide bonds. The van der Waals surface area contributed by atoms with Crippen molar-refractivity contribution >= 4 is 34.7 Å². The van der Waals surface area contributed by atoms with Gasteiger partial charge in [-0.3, -0.25) is 0 Å². The lowest BCUT2D eigenvalue weighted by Crippen LogP contribution is -2.08. The van der Waals surface area contributed by atoms with Crippen molar-refractivity contribution in [1.82, 2.24) is 0 Å². The van der Waals surface area contributed by atoms with E-state index in [-0.39, 0.29) is 0 Å². The van der Waals surface area contributed by atoms with Crippen LogP contribution >= 0.6 is 0 Å². The first-order valence-corrected chi connectivity index (χ1v) is 18.4. The van der Waals surface area contributed by atoms with Gasteiger partial charge in [0.1, 0.15) is 23.0 Å². The largest absolute Gasteiger partial charge is 0.494 e. The van der Waals surface area contributed by atoms with E-state index in [1.165, 1.54) is 0 Å². The van der Waals surface area contributed by atoms with E-state index in [0.29, 0.717) is 58.6 Å². The zero-order chi connectivity index (χ0) is 38.1. The fraction of sp³-hybridized carbons (Fsp3) is 0.273. The minimum Gasteiger partial charge on any atom is -0.494 e. The molecule has 5 aromatic rings. The molecule has 0 fully saturated rings. The molecule has 0 aliphatic heterocycles. The lowest BCUT2D eigenvalue weighted by atomic mass is 10.2. The van der Waals surface area contributed by atoms with Crippen molar-refractivity contribution in [3.63, 3.8) is 0 Å². The topological polar surface area (TPSA) is 121 Å². The van der Waals surface area contributed by atoms with Gasteiger partial charge in [-0.2, -0.15) is 20.5 Å². The van der Waals surface area contributed by atoms with E-state index in [0.717, 1.165) is 61.2 Å². The number of hydrogen-bond acceptors (Lipinski definition) is 10. The summed E-state index contributed by atoms with van der Waals surface area (Å²) in [7, 11) is 0. The highest BCUT2D eigenvalue weighted by molar-refractivity contribution is 5.91. The molecule has 0 heterocycles. The Morgan fingerprint density at radius 3 is 1.19 bits per heavy atom. The molecule has 0 spiro atoms. The van der Waals surface area contributed by atoms with Gasteiger partial charge in [0.2, 0.25) is 0 Å². The fourth-order valence-electron chi connectivity index (χ4n) is 5.21. The Morgan fingerprint density at radius 1 is 0.463 bits per heavy atom. The Morgan fingerprint density at radius 2 is 0.833 bits per heavy atom. The van der Waals surface area contributed by atoms with Crippen molar-refractivity contribution in [3.8, 4) is 23.0 Å². The van der Waals surface area contributed by atoms with Crippen molar-refractivity contribution in [2.75, 3.05) is 13.2 Å². The van der Waals surface area contributed by atoms with Gasteiger partial charge in [0.25, 0.3) is 0 Å². The highest BCUT2D eigenvalue weighted by Crippen LogP contribution is 2.30. The summed E-state index contributed by atoms with van der Waals surface area (Å²) in [6, 6.07) is 31.5. The van der Waals surface area contributed by atoms with Crippen LogP contribution in [0.3, 0.4) is 0 Å². The van der Waals surface area contributed by atoms with Crippen molar-refractivity contribution < 1.29 is 28.5 Å². The second-order valence-corrected chi connectivity index (χ2v) is 12.8. The number of hydrogen-bond donors (Lipinski definition) is 0. The first kappa shape index (κ1) is 39.1. The fourth-order valence-corrected chi connectivity index (χ4v) is 5.21. The maximum atomic E-state index is 12.7. The van der Waals surface area contributed by atoms with Gasteiger partial charge in [0, 0.05) is 0 Å². The third-order valence-corrected chi connectivity index (χ3v) is 8.37. The van der Waals surface area contributed by atoms with E-state index in [1.807, 2.05) is 13.8 Å². The highest BCUT2D eigenvalue weighted by Gasteiger charge is 2.12. The average molecular weight is 727 g/mol. The predicted molar refractivity (Wildman–Crippen MR) is 210 cm³/mol. The highest BCUT2D eigenvalue weighted by atomic mass is 16.5. The molecule has 5 rings (SSSR count). The Bertz CT molecular complexity index is 1890. The van der Waals surface area contributed by atoms with Crippen molar-refractivity contribution in [3.05, 3.63) is 131 Å². The van der Waals surface area contributed by atoms with E-state index in [1.54, 1.807) is 109 Å². The Hall–Kier alpha value is -6.16. The number of esters is 2. The normalized spacial score (nSPS) is 11.2. The average Bonchev–Trinajstić information content (AvgIpc) is 3.18. The molecule has 0 aromatic heterocycles. The van der Waals surface area contributed by atoms with Gasteiger partial charge in [0.05, 0.1) is 47.1 Å². The molecular weight excluding hydrogens is 681 g/mol. The van der Waals surface area contributed by atoms with Gasteiger partial charge in [0.15, 0.2) is 0 Å². The molecule has 0 aliphatic carbocycles. The number of nitrogens with zero attached hydrogens (tertiary/aromatic N) is 4. The van der Waals surface area contributed by atoms with Gasteiger partial charge in [-0.25, -0.2) is 9.59 Å². The van der Waals surface area contributed by atoms with E-state index in [9.17, 15) is 9.59 Å². The summed E-state index contributed by atoms with van der Waals surface area (Å²) in [5.41, 5.74) is 5.05. The molecule has 10 nitrogen and oxygen atoms in total. The molecule has 0 saturated carbocycles. The summed E-state index contributed by atoms with van der Waals surface area (Å²) >= 11 is 0. The summed E-state index contributed by atoms with van der Waals surface area (Å²) < 4.78 is 22.6. The van der Waals surface area contributed by atoms with Crippen molar-refractivity contribution in [2.45, 2.75) is 66.2 Å². The Kier molecular flexibility index (Phi) is 14.6. The lowest BCUT2D eigenvalue weighted by molar-refractivity contribution is 0.0725. The van der Waals surface area contributed by atoms with Gasteiger partial charge < -0.3 is 18.9 Å². The minimum atomic E-state index is -0.451. The van der Waals surface area contributed by atoms with Crippen LogP contribution in [-0.4, -0.2) is 25.2 Å². The quantitative estimate of drug-likeness (QED) is 0.0383. The summed E-state index contributed by atoms with van der Waals surface area (Å²) in [6.07, 6.45) is 6.52. The zero-order valence-corrected chi connectivity index (χ0v) is 31.3. The first-order valence-electron chi connectivity index (χ1n) is 18.4. The number of unbranched alkanes of at least 4 members (excludes halogenated alkanes) is 4. The molecule has 0 N–H and O–H groups in total. The van der Waals surface area contributed by atoms with E-state index >= 15 is 0 Å². The van der Waals surface area contributed by atoms with Crippen LogP contribution in [0.25, 0.3) is 0 Å². The van der Waals surface area contributed by atoms with Crippen molar-refractivity contribution in [1.29, 1.82) is 0 Å². The number of azo groups is 2. The molecule has 54 heavy (non-hydrogen) atoms. The number of benzene rings is 5. The Balaban J connectivity index is 1.10. The predicted octanol–water partition coefficient (Wildman–Crippen LogP) is 12.7. The van der Waals surface area contributed by atoms with Crippen LogP contribution < -0.4 is 18.9 Å². The summed E-state index contributed by atoms with van der Waals surface area (Å²) in [5.74, 6) is 1.39. The molecule has 278 valence electrons. The summed E-state index contributed by atoms with van der Waals surface area (Å²) in [6.45, 7) is 9.37. The minimum absolute atomic E-state index is 0.418. The van der Waals surface area contributed by atoms with Crippen LogP contribution in [-0.2, 0) is 0 Å². The summed E-state index contributed by atoms with van der Waals surface area (Å²) in [5, 5.41) is 17.5. The summed E-state index contributed by atoms with van der Waals surface area (Å²) in [4.78, 5) is 25.4. The SMILES string of the molecule is CCCCCOc1ccc(C(=O)Oc2ccc(N=Nc3ccc(N=Nc4ccc(OC(=O)c5ccc(OCCCCC)cc5)cc4C)cc3)c(C)c2)cc1. The third kappa shape index (κ3) is 11.9. The van der Waals surface area contributed by atoms with E-state index in [4.69, 9.17) is 18.9 Å². The first-order chi connectivity index (χ1) is 26.3. The number of carbonyl (C=O) groups is 2. The molecular formula is C44H46N4O6. The second-order valence-electron chi connectivity index (χ2n) is 12.8. The van der Waals surface area contributed by atoms with Gasteiger partial charge >= 0.3 is 11.9 Å². The van der Waals surface area contributed by atoms with Crippen LogP contribution in [0.5, 0.6) is 23.0 Å². The number of carbonyl (C=O) groups excluding carboxylic acids is 2. The lowest BCUT2D eigenvalue weighted by Gasteiger charge is -2.08. The van der Waals surface area contributed by atoms with E-state index < -0.39 is 11.9 Å². The van der Waals surface area contributed by atoms with Crippen LogP contribution in [0.2, 0.25) is 0 Å². The molecule has 5 aromatic carbocycles. The number of aryl methyl sites for hydroxylation is 2. The molecule has 0 bridgehead atoms. The smallest absolute Gasteiger partial charge is 0.343 e. The maximum absolute atomic E-state index is 12.7. The second kappa shape index (κ2) is 20.2. The van der Waals surface area contributed by atoms with Gasteiger partial charge in [-0.05, 0) is 147 Å². The van der Waals surface area contributed by atoms with Crippen molar-refractivity contribution in [2.24, 2.45) is 20.5 Å². The molecule has 0 radical (unpaired) electrons. The molecule has 0 aliphatic rings. The third-order valence-electron chi connectivity index (χ3n) is 8.37. The standard InChI is InChI=1S/C44H46N4O6/c1-5-7-9-27-51-37-19-11-33(12-20-37)43(49)53-39-23-25-41(31(3)29-39)47-45-35-15-17-36(18-16-35)46-48-42-26-24-40(30-32(42)4)54-44(50)34-13-21-38(22-14-34)52-28-10-8-6-2/h11-26,29-30H,5-10,27-28H2,1-4H3. The van der Waals surface area contributed by atoms with Crippen LogP contribution in [0.15, 0.2) is 130 Å². The Labute approximate surface area is 316 Å². The number of rotatable bonds is 18.